The van der Waals surface area contributed by atoms with Gasteiger partial charge in [-0.1, -0.05) is 0 Å². The van der Waals surface area contributed by atoms with E-state index in [9.17, 15) is 9.59 Å². The number of hydrogen-bond acceptors (Lipinski definition) is 4. The molecule has 2 aliphatic heterocycles. The van der Waals surface area contributed by atoms with Gasteiger partial charge in [0.25, 0.3) is 0 Å². The minimum atomic E-state index is -0.207. The molecule has 2 fully saturated rings. The van der Waals surface area contributed by atoms with Crippen LogP contribution in [0.15, 0.2) is 0 Å². The van der Waals surface area contributed by atoms with Gasteiger partial charge in [0.05, 0.1) is 11.6 Å². The molecule has 2 rings (SSSR count). The van der Waals surface area contributed by atoms with Gasteiger partial charge in [-0.15, -0.1) is 0 Å². The number of rotatable bonds is 4. The Balaban J connectivity index is 1.66. The Kier molecular flexibility index (Phi) is 3.11. The van der Waals surface area contributed by atoms with Gasteiger partial charge in [-0.2, -0.15) is 0 Å². The molecule has 0 spiro atoms. The Bertz CT molecular complexity index is 302. The zero-order valence-electron chi connectivity index (χ0n) is 9.34. The van der Waals surface area contributed by atoms with Crippen LogP contribution in [-0.2, 0) is 14.3 Å². The number of carbonyl (C=O) groups excluding carboxylic acids is 2. The van der Waals surface area contributed by atoms with Crippen LogP contribution in [0.5, 0.6) is 0 Å². The monoisotopic (exact) mass is 227 g/mol. The van der Waals surface area contributed by atoms with Crippen LogP contribution < -0.4 is 16.0 Å². The number of hydrogen-bond donors (Lipinski definition) is 3. The smallest absolute Gasteiger partial charge is 0.246 e. The molecule has 0 aromatic heterocycles. The van der Waals surface area contributed by atoms with Crippen molar-refractivity contribution in [2.45, 2.75) is 25.0 Å². The third kappa shape index (κ3) is 2.70. The highest BCUT2D eigenvalue weighted by Crippen LogP contribution is 2.14. The van der Waals surface area contributed by atoms with Crippen LogP contribution in [0, 0.1) is 0 Å². The second-order valence-electron chi connectivity index (χ2n) is 4.61. The molecule has 0 radical (unpaired) electrons. The molecule has 0 aromatic rings. The highest BCUT2D eigenvalue weighted by atomic mass is 16.5. The third-order valence-corrected chi connectivity index (χ3v) is 2.89. The molecule has 2 heterocycles. The molecule has 2 aliphatic rings. The molecule has 90 valence electrons. The van der Waals surface area contributed by atoms with Crippen LogP contribution in [0.2, 0.25) is 0 Å². The van der Waals surface area contributed by atoms with Crippen molar-refractivity contribution in [3.05, 3.63) is 0 Å². The largest absolute Gasteiger partial charge is 0.363 e. The molecule has 2 amide bonds. The molecule has 0 bridgehead atoms. The lowest BCUT2D eigenvalue weighted by atomic mass is 10.0. The van der Waals surface area contributed by atoms with E-state index in [4.69, 9.17) is 4.74 Å². The lowest BCUT2D eigenvalue weighted by Gasteiger charge is -2.38. The van der Waals surface area contributed by atoms with Crippen LogP contribution in [0.3, 0.4) is 0 Å². The van der Waals surface area contributed by atoms with Crippen molar-refractivity contribution in [1.29, 1.82) is 0 Å². The van der Waals surface area contributed by atoms with E-state index in [0.717, 1.165) is 13.1 Å². The van der Waals surface area contributed by atoms with E-state index in [1.54, 1.807) is 0 Å². The predicted octanol–water partition coefficient (Wildman–Crippen LogP) is -1.63. The van der Waals surface area contributed by atoms with Crippen molar-refractivity contribution in [3.63, 3.8) is 0 Å². The van der Waals surface area contributed by atoms with E-state index in [1.807, 2.05) is 6.92 Å². The lowest BCUT2D eigenvalue weighted by molar-refractivity contribution is -0.136. The summed E-state index contributed by atoms with van der Waals surface area (Å²) in [5.41, 5.74) is -0.207. The summed E-state index contributed by atoms with van der Waals surface area (Å²) in [6.45, 7) is 4.11. The molecule has 2 saturated heterocycles. The number of amides is 2. The molecular weight excluding hydrogens is 210 g/mol. The maximum absolute atomic E-state index is 11.5. The molecule has 0 aliphatic carbocycles. The molecule has 3 N–H and O–H groups in total. The summed E-state index contributed by atoms with van der Waals surface area (Å²) in [6, 6.07) is -0.0871. The maximum atomic E-state index is 11.5. The minimum Gasteiger partial charge on any atom is -0.363 e. The Labute approximate surface area is 94.1 Å². The van der Waals surface area contributed by atoms with Gasteiger partial charge in [-0.3, -0.25) is 9.59 Å². The summed E-state index contributed by atoms with van der Waals surface area (Å²) in [7, 11) is 0. The first-order chi connectivity index (χ1) is 7.57. The van der Waals surface area contributed by atoms with Crippen LogP contribution in [0.25, 0.3) is 0 Å². The molecular formula is C10H17N3O3. The second kappa shape index (κ2) is 4.39. The molecule has 0 saturated carbocycles. The zero-order chi connectivity index (χ0) is 11.6. The summed E-state index contributed by atoms with van der Waals surface area (Å²) in [5, 5.41) is 8.52. The first-order valence-electron chi connectivity index (χ1n) is 5.48. The third-order valence-electron chi connectivity index (χ3n) is 2.89. The highest BCUT2D eigenvalue weighted by molar-refractivity contribution is 5.82. The quantitative estimate of drug-likeness (QED) is 0.539. The van der Waals surface area contributed by atoms with E-state index < -0.39 is 0 Å². The minimum absolute atomic E-state index is 0.0126. The summed E-state index contributed by atoms with van der Waals surface area (Å²) in [4.78, 5) is 22.4. The second-order valence-corrected chi connectivity index (χ2v) is 4.61. The van der Waals surface area contributed by atoms with E-state index in [2.05, 4.69) is 16.0 Å². The Morgan fingerprint density at radius 2 is 2.38 bits per heavy atom. The van der Waals surface area contributed by atoms with E-state index in [-0.39, 0.29) is 30.1 Å². The van der Waals surface area contributed by atoms with Crippen molar-refractivity contribution in [2.75, 3.05) is 26.2 Å². The Hall–Kier alpha value is -1.14. The van der Waals surface area contributed by atoms with E-state index in [1.165, 1.54) is 0 Å². The maximum Gasteiger partial charge on any atom is 0.246 e. The van der Waals surface area contributed by atoms with Gasteiger partial charge < -0.3 is 20.7 Å². The van der Waals surface area contributed by atoms with Gasteiger partial charge in [-0.05, 0) is 6.92 Å². The van der Waals surface area contributed by atoms with Gasteiger partial charge in [0.2, 0.25) is 11.8 Å². The molecule has 16 heavy (non-hydrogen) atoms. The lowest BCUT2D eigenvalue weighted by Crippen LogP contribution is -2.59. The first kappa shape index (κ1) is 11.3. The number of nitrogens with one attached hydrogen (secondary N) is 3. The van der Waals surface area contributed by atoms with Gasteiger partial charge in [-0.25, -0.2) is 0 Å². The Morgan fingerprint density at radius 3 is 2.88 bits per heavy atom. The SMILES string of the molecule is CC1(OCC(=O)NC2CNC(=O)C2)CNC1. The van der Waals surface area contributed by atoms with Gasteiger partial charge >= 0.3 is 0 Å². The van der Waals surface area contributed by atoms with Gasteiger partial charge in [0.1, 0.15) is 6.61 Å². The standard InChI is InChI=1S/C10H17N3O3/c1-10(5-11-6-10)16-4-9(15)13-7-2-8(14)12-3-7/h7,11H,2-6H2,1H3,(H,12,14)(H,13,15). The van der Waals surface area contributed by atoms with E-state index >= 15 is 0 Å². The fourth-order valence-electron chi connectivity index (χ4n) is 1.80. The van der Waals surface area contributed by atoms with Gasteiger partial charge in [0, 0.05) is 26.1 Å². The average Bonchev–Trinajstić information content (AvgIpc) is 2.58. The zero-order valence-corrected chi connectivity index (χ0v) is 9.34. The van der Waals surface area contributed by atoms with Crippen LogP contribution in [-0.4, -0.2) is 49.7 Å². The Morgan fingerprint density at radius 1 is 1.62 bits per heavy atom. The summed E-state index contributed by atoms with van der Waals surface area (Å²) in [6.07, 6.45) is 0.366. The van der Waals surface area contributed by atoms with Crippen molar-refractivity contribution in [2.24, 2.45) is 0 Å². The molecule has 1 unspecified atom stereocenters. The van der Waals surface area contributed by atoms with Crippen molar-refractivity contribution < 1.29 is 14.3 Å². The molecule has 0 aromatic carbocycles. The first-order valence-corrected chi connectivity index (χ1v) is 5.48. The fourth-order valence-corrected chi connectivity index (χ4v) is 1.80. The number of ether oxygens (including phenoxy) is 1. The van der Waals surface area contributed by atoms with Crippen LogP contribution in [0.1, 0.15) is 13.3 Å². The summed E-state index contributed by atoms with van der Waals surface area (Å²) in [5.74, 6) is -0.170. The number of carbonyl (C=O) groups is 2. The predicted molar refractivity (Wildman–Crippen MR) is 56.8 cm³/mol. The normalized spacial score (nSPS) is 27.1. The average molecular weight is 227 g/mol. The van der Waals surface area contributed by atoms with Crippen molar-refractivity contribution in [3.8, 4) is 0 Å². The van der Waals surface area contributed by atoms with Crippen LogP contribution >= 0.6 is 0 Å². The van der Waals surface area contributed by atoms with Crippen molar-refractivity contribution >= 4 is 11.8 Å². The molecule has 1 atom stereocenters. The molecule has 6 nitrogen and oxygen atoms in total. The van der Waals surface area contributed by atoms with E-state index in [0.29, 0.717) is 13.0 Å². The summed E-state index contributed by atoms with van der Waals surface area (Å²) >= 11 is 0. The summed E-state index contributed by atoms with van der Waals surface area (Å²) < 4.78 is 5.48. The van der Waals surface area contributed by atoms with Gasteiger partial charge in [0.15, 0.2) is 0 Å². The highest BCUT2D eigenvalue weighted by Gasteiger charge is 2.33. The van der Waals surface area contributed by atoms with Crippen molar-refractivity contribution in [1.82, 2.24) is 16.0 Å². The van der Waals surface area contributed by atoms with Crippen LogP contribution in [0.4, 0.5) is 0 Å². The topological polar surface area (TPSA) is 79.5 Å². The fraction of sp³-hybridized carbons (Fsp3) is 0.800. The molecule has 6 heteroatoms.